The van der Waals surface area contributed by atoms with Gasteiger partial charge in [0.25, 0.3) is 0 Å². The fourth-order valence-corrected chi connectivity index (χ4v) is 8.56. The van der Waals surface area contributed by atoms with Crippen LogP contribution >= 0.6 is 23.2 Å². The molecule has 2 aromatic carbocycles. The van der Waals surface area contributed by atoms with Crippen LogP contribution in [0.4, 0.5) is 0 Å². The topological polar surface area (TPSA) is 59.1 Å². The van der Waals surface area contributed by atoms with Crippen LogP contribution < -0.4 is 9.47 Å². The third-order valence-electron chi connectivity index (χ3n) is 10.1. The molecule has 3 aliphatic carbocycles. The van der Waals surface area contributed by atoms with Gasteiger partial charge in [-0.3, -0.25) is 14.5 Å². The fraction of sp³-hybridized carbons (Fsp3) is 0.548. The summed E-state index contributed by atoms with van der Waals surface area (Å²) < 4.78 is 12.6. The Morgan fingerprint density at radius 3 is 2.69 bits per heavy atom. The summed E-state index contributed by atoms with van der Waals surface area (Å²) >= 11 is 12.3. The number of nitrogens with zero attached hydrogens (tertiary/aromatic N) is 2. The van der Waals surface area contributed by atoms with E-state index in [1.165, 1.54) is 25.3 Å². The minimum absolute atomic E-state index is 0.0392. The molecule has 2 heterocycles. The van der Waals surface area contributed by atoms with Crippen molar-refractivity contribution in [2.75, 3.05) is 20.1 Å². The highest BCUT2D eigenvalue weighted by atomic mass is 35.5. The molecule has 5 aliphatic rings. The van der Waals surface area contributed by atoms with E-state index < -0.39 is 0 Å². The maximum absolute atomic E-state index is 13.6. The first-order chi connectivity index (χ1) is 18.8. The zero-order valence-electron chi connectivity index (χ0n) is 22.4. The molecule has 2 aromatic rings. The highest BCUT2D eigenvalue weighted by Crippen LogP contribution is 2.64. The van der Waals surface area contributed by atoms with E-state index in [2.05, 4.69) is 4.90 Å². The molecule has 8 heteroatoms. The maximum Gasteiger partial charge on any atom is 0.308 e. The van der Waals surface area contributed by atoms with E-state index in [-0.39, 0.29) is 35.9 Å². The van der Waals surface area contributed by atoms with Crippen molar-refractivity contribution in [3.8, 4) is 11.5 Å². The molecular formula is C31H34Cl2N2O4. The molecule has 6 nitrogen and oxygen atoms in total. The molecule has 1 spiro atoms. The van der Waals surface area contributed by atoms with Crippen LogP contribution in [0.2, 0.25) is 10.0 Å². The van der Waals surface area contributed by atoms with Crippen LogP contribution in [-0.2, 0) is 27.8 Å². The summed E-state index contributed by atoms with van der Waals surface area (Å²) in [4.78, 5) is 30.2. The van der Waals surface area contributed by atoms with Crippen LogP contribution in [0.15, 0.2) is 30.3 Å². The largest absolute Gasteiger partial charge is 0.487 e. The normalized spacial score (nSPS) is 30.4. The standard InChI is InChI=1S/C31H34Cl2N2O4/c1-17(36)38-26-9-10-27-29-20(26)15-25-21-6-8-24(34(2)28(37)14-19-5-7-22(32)23(33)13-19)30(39-27)31(21,29)11-12-35(25)16-18-3-4-18/h5,7,9-10,13,18,21,24-25,30H,3-4,6,8,11-12,14-16H2,1-2H3/t21-,24-,25+,30-,31-/m0/s1. The molecule has 0 aromatic heterocycles. The quantitative estimate of drug-likeness (QED) is 0.343. The second-order valence-electron chi connectivity index (χ2n) is 12.2. The lowest BCUT2D eigenvalue weighted by Crippen LogP contribution is -2.69. The third-order valence-corrected chi connectivity index (χ3v) is 10.8. The second kappa shape index (κ2) is 9.39. The van der Waals surface area contributed by atoms with Gasteiger partial charge in [-0.15, -0.1) is 0 Å². The van der Waals surface area contributed by atoms with E-state index in [0.717, 1.165) is 61.6 Å². The molecule has 2 saturated carbocycles. The Morgan fingerprint density at radius 1 is 1.13 bits per heavy atom. The average Bonchev–Trinajstić information content (AvgIpc) is 3.66. The first kappa shape index (κ1) is 25.7. The van der Waals surface area contributed by atoms with Crippen molar-refractivity contribution >= 4 is 35.1 Å². The molecule has 39 heavy (non-hydrogen) atoms. The SMILES string of the molecule is CC(=O)Oc1ccc2c3c1C[C@@H]1[C@@H]4CC[C@H](N(C)C(=O)Cc5ccc(Cl)c(Cl)c5)[C@H](O2)[C@]34CCN1CC1CC1. The number of rotatable bonds is 6. The zero-order chi connectivity index (χ0) is 27.1. The van der Waals surface area contributed by atoms with Crippen molar-refractivity contribution in [1.82, 2.24) is 9.80 Å². The summed E-state index contributed by atoms with van der Waals surface area (Å²) in [5.74, 6) is 2.61. The smallest absolute Gasteiger partial charge is 0.308 e. The number of ether oxygens (including phenoxy) is 2. The van der Waals surface area contributed by atoms with Crippen LogP contribution in [-0.4, -0.2) is 60.0 Å². The summed E-state index contributed by atoms with van der Waals surface area (Å²) in [5.41, 5.74) is 3.05. The Labute approximate surface area is 239 Å². The van der Waals surface area contributed by atoms with Gasteiger partial charge in [0.2, 0.25) is 5.91 Å². The van der Waals surface area contributed by atoms with Gasteiger partial charge in [-0.2, -0.15) is 0 Å². The molecule has 3 fully saturated rings. The minimum Gasteiger partial charge on any atom is -0.487 e. The number of hydrogen-bond donors (Lipinski definition) is 0. The van der Waals surface area contributed by atoms with Gasteiger partial charge < -0.3 is 14.4 Å². The molecular weight excluding hydrogens is 535 g/mol. The molecule has 2 bridgehead atoms. The van der Waals surface area contributed by atoms with Crippen LogP contribution in [0.3, 0.4) is 0 Å². The Hall–Kier alpha value is -2.28. The third kappa shape index (κ3) is 4.08. The highest BCUT2D eigenvalue weighted by Gasteiger charge is 2.66. The van der Waals surface area contributed by atoms with E-state index in [4.69, 9.17) is 32.7 Å². The molecule has 7 rings (SSSR count). The van der Waals surface area contributed by atoms with Crippen LogP contribution in [0.5, 0.6) is 11.5 Å². The van der Waals surface area contributed by atoms with Gasteiger partial charge in [-0.25, -0.2) is 0 Å². The number of piperidine rings is 1. The van der Waals surface area contributed by atoms with Crippen molar-refractivity contribution in [3.05, 3.63) is 57.1 Å². The van der Waals surface area contributed by atoms with Crippen molar-refractivity contribution in [3.63, 3.8) is 0 Å². The monoisotopic (exact) mass is 568 g/mol. The van der Waals surface area contributed by atoms with Crippen molar-refractivity contribution in [2.45, 2.75) is 75.5 Å². The van der Waals surface area contributed by atoms with Crippen molar-refractivity contribution in [2.24, 2.45) is 11.8 Å². The number of esters is 1. The van der Waals surface area contributed by atoms with Gasteiger partial charge in [0, 0.05) is 43.1 Å². The molecule has 1 saturated heterocycles. The van der Waals surface area contributed by atoms with E-state index in [1.54, 1.807) is 12.1 Å². The lowest BCUT2D eigenvalue weighted by atomic mass is 9.51. The molecule has 0 unspecified atom stereocenters. The van der Waals surface area contributed by atoms with Crippen molar-refractivity contribution in [1.29, 1.82) is 0 Å². The summed E-state index contributed by atoms with van der Waals surface area (Å²) in [6.07, 6.45) is 6.66. The average molecular weight is 570 g/mol. The summed E-state index contributed by atoms with van der Waals surface area (Å²) in [5, 5.41) is 0.945. The van der Waals surface area contributed by atoms with E-state index in [9.17, 15) is 9.59 Å². The number of amides is 1. The van der Waals surface area contributed by atoms with Crippen LogP contribution in [0.1, 0.15) is 55.7 Å². The Balaban J connectivity index is 1.24. The molecule has 2 aliphatic heterocycles. The van der Waals surface area contributed by atoms with E-state index in [1.807, 2.05) is 30.1 Å². The van der Waals surface area contributed by atoms with E-state index in [0.29, 0.717) is 27.8 Å². The van der Waals surface area contributed by atoms with Gasteiger partial charge in [-0.05, 0) is 86.7 Å². The van der Waals surface area contributed by atoms with Gasteiger partial charge in [-0.1, -0.05) is 29.3 Å². The first-order valence-electron chi connectivity index (χ1n) is 14.2. The van der Waals surface area contributed by atoms with Crippen LogP contribution in [0, 0.1) is 11.8 Å². The van der Waals surface area contributed by atoms with Crippen molar-refractivity contribution < 1.29 is 19.1 Å². The van der Waals surface area contributed by atoms with Gasteiger partial charge >= 0.3 is 5.97 Å². The Bertz CT molecular complexity index is 1360. The Morgan fingerprint density at radius 2 is 1.95 bits per heavy atom. The lowest BCUT2D eigenvalue weighted by Gasteiger charge is -2.60. The second-order valence-corrected chi connectivity index (χ2v) is 13.0. The predicted octanol–water partition coefficient (Wildman–Crippen LogP) is 5.44. The first-order valence-corrected chi connectivity index (χ1v) is 15.0. The van der Waals surface area contributed by atoms with Crippen LogP contribution in [0.25, 0.3) is 0 Å². The maximum atomic E-state index is 13.6. The molecule has 0 radical (unpaired) electrons. The van der Waals surface area contributed by atoms with Gasteiger partial charge in [0.05, 0.1) is 22.5 Å². The number of benzene rings is 2. The number of carbonyl (C=O) groups excluding carboxylic acids is 2. The molecule has 0 N–H and O–H groups in total. The number of carbonyl (C=O) groups is 2. The highest BCUT2D eigenvalue weighted by molar-refractivity contribution is 6.42. The van der Waals surface area contributed by atoms with Gasteiger partial charge in [0.1, 0.15) is 17.6 Å². The number of halogens is 2. The van der Waals surface area contributed by atoms with Gasteiger partial charge in [0.15, 0.2) is 0 Å². The minimum atomic E-state index is -0.296. The predicted molar refractivity (Wildman–Crippen MR) is 150 cm³/mol. The summed E-state index contributed by atoms with van der Waals surface area (Å²) in [7, 11) is 1.92. The summed E-state index contributed by atoms with van der Waals surface area (Å²) in [6, 6.07) is 9.62. The molecule has 206 valence electrons. The zero-order valence-corrected chi connectivity index (χ0v) is 23.9. The fourth-order valence-electron chi connectivity index (χ4n) is 8.24. The number of likely N-dealkylation sites (tertiary alicyclic amines) is 1. The molecule has 1 amide bonds. The number of hydrogen-bond acceptors (Lipinski definition) is 5. The molecule has 5 atom stereocenters. The Kier molecular flexibility index (Phi) is 6.18. The number of likely N-dealkylation sites (N-methyl/N-ethyl adjacent to an activating group) is 1. The van der Waals surface area contributed by atoms with E-state index >= 15 is 0 Å². The summed E-state index contributed by atoms with van der Waals surface area (Å²) in [6.45, 7) is 3.67. The lowest BCUT2D eigenvalue weighted by molar-refractivity contribution is -0.139.